The minimum absolute atomic E-state index is 0.370. The molecule has 0 radical (unpaired) electrons. The molecule has 1 aromatic rings. The molecule has 0 aromatic carbocycles. The summed E-state index contributed by atoms with van der Waals surface area (Å²) in [6.07, 6.45) is 0. The number of pyridine rings is 1. The van der Waals surface area contributed by atoms with Gasteiger partial charge in [0.1, 0.15) is 10.9 Å². The normalized spacial score (nSPS) is 9.67. The van der Waals surface area contributed by atoms with Crippen LogP contribution in [0.1, 0.15) is 5.56 Å². The van der Waals surface area contributed by atoms with Gasteiger partial charge in [-0.2, -0.15) is 0 Å². The molecule has 0 fully saturated rings. The Morgan fingerprint density at radius 1 is 1.33 bits per heavy atom. The summed E-state index contributed by atoms with van der Waals surface area (Å²) < 4.78 is 10.1. The van der Waals surface area contributed by atoms with Crippen LogP contribution in [0.5, 0.6) is 11.6 Å². The van der Waals surface area contributed by atoms with Crippen molar-refractivity contribution in [3.63, 3.8) is 0 Å². The molecule has 0 spiro atoms. The van der Waals surface area contributed by atoms with E-state index in [4.69, 9.17) is 21.1 Å². The van der Waals surface area contributed by atoms with Crippen LogP contribution in [0.4, 0.5) is 0 Å². The first-order valence-electron chi connectivity index (χ1n) is 3.44. The summed E-state index contributed by atoms with van der Waals surface area (Å²) in [4.78, 5) is 3.96. The second-order valence-corrected chi connectivity index (χ2v) is 2.67. The van der Waals surface area contributed by atoms with Gasteiger partial charge in [-0.15, -0.1) is 0 Å². The zero-order chi connectivity index (χ0) is 9.14. The van der Waals surface area contributed by atoms with Crippen molar-refractivity contribution in [2.24, 2.45) is 0 Å². The molecule has 3 nitrogen and oxygen atoms in total. The third-order valence-corrected chi connectivity index (χ3v) is 1.76. The number of ether oxygens (including phenoxy) is 2. The third-order valence-electron chi connectivity index (χ3n) is 1.56. The Morgan fingerprint density at radius 3 is 2.50 bits per heavy atom. The quantitative estimate of drug-likeness (QED) is 0.665. The predicted molar refractivity (Wildman–Crippen MR) is 47.1 cm³/mol. The van der Waals surface area contributed by atoms with E-state index in [1.807, 2.05) is 6.92 Å². The Morgan fingerprint density at radius 2 is 2.00 bits per heavy atom. The van der Waals surface area contributed by atoms with Gasteiger partial charge in [-0.3, -0.25) is 0 Å². The van der Waals surface area contributed by atoms with Gasteiger partial charge in [-0.1, -0.05) is 11.6 Å². The Bertz CT molecular complexity index is 263. The lowest BCUT2D eigenvalue weighted by molar-refractivity contribution is 0.377. The van der Waals surface area contributed by atoms with Crippen molar-refractivity contribution < 1.29 is 9.47 Å². The first-order chi connectivity index (χ1) is 5.69. The third kappa shape index (κ3) is 1.61. The van der Waals surface area contributed by atoms with Gasteiger partial charge in [0.15, 0.2) is 0 Å². The molecule has 0 atom stereocenters. The van der Waals surface area contributed by atoms with Crippen LogP contribution in [0.2, 0.25) is 5.15 Å². The predicted octanol–water partition coefficient (Wildman–Crippen LogP) is 2.06. The van der Waals surface area contributed by atoms with Gasteiger partial charge < -0.3 is 9.47 Å². The van der Waals surface area contributed by atoms with E-state index in [1.54, 1.807) is 20.3 Å². The summed E-state index contributed by atoms with van der Waals surface area (Å²) in [7, 11) is 3.13. The van der Waals surface area contributed by atoms with E-state index in [0.717, 1.165) is 5.56 Å². The fourth-order valence-electron chi connectivity index (χ4n) is 0.946. The molecule has 1 heterocycles. The van der Waals surface area contributed by atoms with Gasteiger partial charge in [0.05, 0.1) is 19.8 Å². The topological polar surface area (TPSA) is 31.4 Å². The summed E-state index contributed by atoms with van der Waals surface area (Å²) in [5.41, 5.74) is 0.851. The average Bonchev–Trinajstić information content (AvgIpc) is 2.08. The molecule has 0 aliphatic carbocycles. The molecule has 0 N–H and O–H groups in total. The Balaban J connectivity index is 3.22. The first-order valence-corrected chi connectivity index (χ1v) is 3.82. The minimum atomic E-state index is 0.370. The summed E-state index contributed by atoms with van der Waals surface area (Å²) in [5, 5.41) is 0.370. The summed E-state index contributed by atoms with van der Waals surface area (Å²) in [5.74, 6) is 1.19. The van der Waals surface area contributed by atoms with Gasteiger partial charge in [0.25, 0.3) is 0 Å². The number of hydrogen-bond donors (Lipinski definition) is 0. The molecule has 12 heavy (non-hydrogen) atoms. The van der Waals surface area contributed by atoms with Gasteiger partial charge in [0, 0.05) is 6.07 Å². The molecule has 0 saturated carbocycles. The van der Waals surface area contributed by atoms with Crippen molar-refractivity contribution in [3.8, 4) is 11.6 Å². The number of nitrogens with zero attached hydrogens (tertiary/aromatic N) is 1. The minimum Gasteiger partial charge on any atom is -0.496 e. The number of aromatic nitrogens is 1. The second kappa shape index (κ2) is 3.63. The van der Waals surface area contributed by atoms with E-state index in [2.05, 4.69) is 4.98 Å². The fourth-order valence-corrected chi connectivity index (χ4v) is 1.12. The first kappa shape index (κ1) is 9.13. The molecule has 4 heteroatoms. The van der Waals surface area contributed by atoms with Crippen LogP contribution in [0, 0.1) is 6.92 Å². The van der Waals surface area contributed by atoms with Crippen LogP contribution in [0.15, 0.2) is 6.07 Å². The average molecular weight is 188 g/mol. The summed E-state index contributed by atoms with van der Waals surface area (Å²) >= 11 is 5.71. The van der Waals surface area contributed by atoms with Crippen molar-refractivity contribution in [1.82, 2.24) is 4.98 Å². The highest BCUT2D eigenvalue weighted by molar-refractivity contribution is 6.29. The Hall–Kier alpha value is -0.960. The molecule has 0 unspecified atom stereocenters. The van der Waals surface area contributed by atoms with Gasteiger partial charge in [-0.05, 0) is 6.92 Å². The highest BCUT2D eigenvalue weighted by Crippen LogP contribution is 2.27. The Kier molecular flexibility index (Phi) is 2.76. The van der Waals surface area contributed by atoms with Gasteiger partial charge in [-0.25, -0.2) is 4.98 Å². The van der Waals surface area contributed by atoms with Crippen molar-refractivity contribution in [2.45, 2.75) is 6.92 Å². The van der Waals surface area contributed by atoms with E-state index < -0.39 is 0 Å². The molecule has 0 amide bonds. The van der Waals surface area contributed by atoms with Crippen LogP contribution < -0.4 is 9.47 Å². The highest BCUT2D eigenvalue weighted by Gasteiger charge is 2.07. The summed E-state index contributed by atoms with van der Waals surface area (Å²) in [6.45, 7) is 1.86. The number of methoxy groups -OCH3 is 2. The lowest BCUT2D eigenvalue weighted by Gasteiger charge is -2.08. The molecule has 66 valence electrons. The summed E-state index contributed by atoms with van der Waals surface area (Å²) in [6, 6.07) is 1.65. The zero-order valence-electron chi connectivity index (χ0n) is 7.22. The largest absolute Gasteiger partial charge is 0.496 e. The molecule has 0 aliphatic rings. The lowest BCUT2D eigenvalue weighted by atomic mass is 10.3. The maximum Gasteiger partial charge on any atom is 0.221 e. The van der Waals surface area contributed by atoms with Crippen molar-refractivity contribution >= 4 is 11.6 Å². The van der Waals surface area contributed by atoms with Crippen LogP contribution in [-0.4, -0.2) is 19.2 Å². The SMILES string of the molecule is COc1cc(Cl)nc(OC)c1C. The Labute approximate surface area is 76.3 Å². The second-order valence-electron chi connectivity index (χ2n) is 2.28. The standard InChI is InChI=1S/C8H10ClNO2/c1-5-6(11-2)4-7(9)10-8(5)12-3/h4H,1-3H3. The maximum absolute atomic E-state index is 5.71. The molecule has 0 bridgehead atoms. The maximum atomic E-state index is 5.71. The molecule has 1 rings (SSSR count). The van der Waals surface area contributed by atoms with E-state index in [1.165, 1.54) is 0 Å². The number of hydrogen-bond acceptors (Lipinski definition) is 3. The van der Waals surface area contributed by atoms with Crippen molar-refractivity contribution in [2.75, 3.05) is 14.2 Å². The van der Waals surface area contributed by atoms with Crippen LogP contribution >= 0.6 is 11.6 Å². The van der Waals surface area contributed by atoms with Crippen LogP contribution in [0.3, 0.4) is 0 Å². The zero-order valence-corrected chi connectivity index (χ0v) is 7.97. The monoisotopic (exact) mass is 187 g/mol. The molecule has 0 saturated heterocycles. The lowest BCUT2D eigenvalue weighted by Crippen LogP contribution is -1.95. The molecular weight excluding hydrogens is 178 g/mol. The smallest absolute Gasteiger partial charge is 0.221 e. The van der Waals surface area contributed by atoms with Crippen LogP contribution in [-0.2, 0) is 0 Å². The van der Waals surface area contributed by atoms with E-state index in [9.17, 15) is 0 Å². The fraction of sp³-hybridized carbons (Fsp3) is 0.375. The van der Waals surface area contributed by atoms with Crippen molar-refractivity contribution in [1.29, 1.82) is 0 Å². The van der Waals surface area contributed by atoms with E-state index in [-0.39, 0.29) is 0 Å². The molecule has 0 aliphatic heterocycles. The van der Waals surface area contributed by atoms with Crippen molar-refractivity contribution in [3.05, 3.63) is 16.8 Å². The van der Waals surface area contributed by atoms with E-state index >= 15 is 0 Å². The van der Waals surface area contributed by atoms with Gasteiger partial charge >= 0.3 is 0 Å². The molecule has 1 aromatic heterocycles. The highest BCUT2D eigenvalue weighted by atomic mass is 35.5. The van der Waals surface area contributed by atoms with Gasteiger partial charge in [0.2, 0.25) is 5.88 Å². The number of rotatable bonds is 2. The van der Waals surface area contributed by atoms with E-state index in [0.29, 0.717) is 16.8 Å². The number of halogens is 1. The molecular formula is C8H10ClNO2. The van der Waals surface area contributed by atoms with Crippen LogP contribution in [0.25, 0.3) is 0 Å².